The number of carbonyl (C=O) groups is 2. The van der Waals surface area contributed by atoms with Crippen molar-refractivity contribution >= 4 is 11.9 Å². The highest BCUT2D eigenvalue weighted by Gasteiger charge is 2.50. The normalized spacial score (nSPS) is 20.3. The van der Waals surface area contributed by atoms with E-state index in [1.165, 1.54) is 5.56 Å². The summed E-state index contributed by atoms with van der Waals surface area (Å²) in [7, 11) is 0. The van der Waals surface area contributed by atoms with Gasteiger partial charge in [-0.15, -0.1) is 0 Å². The van der Waals surface area contributed by atoms with Crippen molar-refractivity contribution in [3.8, 4) is 0 Å². The second-order valence-corrected chi connectivity index (χ2v) is 7.15. The van der Waals surface area contributed by atoms with Crippen LogP contribution in [0.4, 0.5) is 0 Å². The molecular formula is C23H23NO4. The summed E-state index contributed by atoms with van der Waals surface area (Å²) in [6.07, 6.45) is 5.23. The van der Waals surface area contributed by atoms with Crippen LogP contribution in [0.25, 0.3) is 0 Å². The van der Waals surface area contributed by atoms with Crippen LogP contribution in [-0.2, 0) is 25.5 Å². The van der Waals surface area contributed by atoms with E-state index >= 15 is 0 Å². The minimum atomic E-state index is -1.37. The zero-order valence-electron chi connectivity index (χ0n) is 15.6. The zero-order chi connectivity index (χ0) is 19.4. The highest BCUT2D eigenvalue weighted by atomic mass is 16.8. The van der Waals surface area contributed by atoms with Crippen LogP contribution < -0.4 is 0 Å². The second kappa shape index (κ2) is 7.98. The van der Waals surface area contributed by atoms with Crippen LogP contribution in [0.1, 0.15) is 36.4 Å². The molecule has 0 saturated carbocycles. The first kappa shape index (κ1) is 18.4. The lowest BCUT2D eigenvalue weighted by Crippen LogP contribution is -2.58. The quantitative estimate of drug-likeness (QED) is 0.760. The first-order valence-electron chi connectivity index (χ1n) is 9.66. The van der Waals surface area contributed by atoms with Gasteiger partial charge in [-0.3, -0.25) is 0 Å². The Kier molecular flexibility index (Phi) is 5.26. The molecule has 2 aliphatic rings. The minimum absolute atomic E-state index is 0.0948. The molecule has 0 amide bonds. The predicted molar refractivity (Wildman–Crippen MR) is 104 cm³/mol. The summed E-state index contributed by atoms with van der Waals surface area (Å²) in [6, 6.07) is 20.2. The average molecular weight is 377 g/mol. The largest absolute Gasteiger partial charge is 0.405 e. The fourth-order valence-electron chi connectivity index (χ4n) is 4.02. The van der Waals surface area contributed by atoms with E-state index in [2.05, 4.69) is 24.3 Å². The Morgan fingerprint density at radius 2 is 1.46 bits per heavy atom. The maximum absolute atomic E-state index is 12.2. The lowest BCUT2D eigenvalue weighted by Gasteiger charge is -2.47. The molecule has 0 N–H and O–H groups in total. The van der Waals surface area contributed by atoms with Gasteiger partial charge in [-0.2, -0.15) is 0 Å². The van der Waals surface area contributed by atoms with Gasteiger partial charge in [-0.05, 0) is 30.4 Å². The summed E-state index contributed by atoms with van der Waals surface area (Å²) in [5.41, 5.74) is 2.26. The molecule has 5 heteroatoms. The number of hydrogen-bond donors (Lipinski definition) is 0. The van der Waals surface area contributed by atoms with Crippen molar-refractivity contribution < 1.29 is 19.1 Å². The van der Waals surface area contributed by atoms with Gasteiger partial charge in [0.15, 0.2) is 0 Å². The Morgan fingerprint density at radius 1 is 0.857 bits per heavy atom. The van der Waals surface area contributed by atoms with Gasteiger partial charge in [0.1, 0.15) is 0 Å². The van der Waals surface area contributed by atoms with E-state index in [4.69, 9.17) is 9.47 Å². The number of nitrogens with zero attached hydrogens (tertiary/aromatic N) is 1. The average Bonchev–Trinajstić information content (AvgIpc) is 2.86. The molecule has 5 nitrogen and oxygen atoms in total. The molecule has 0 radical (unpaired) electrons. The Hall–Kier alpha value is -2.92. The van der Waals surface area contributed by atoms with Crippen molar-refractivity contribution in [1.82, 2.24) is 4.90 Å². The third-order valence-corrected chi connectivity index (χ3v) is 5.29. The van der Waals surface area contributed by atoms with Gasteiger partial charge in [0.2, 0.25) is 0 Å². The van der Waals surface area contributed by atoms with Crippen LogP contribution in [0.3, 0.4) is 0 Å². The standard InChI is InChI=1S/C23H23NO4/c25-21-13-14-22(26)28-23(27-21)15-7-8-16-24(23)20(19-11-5-2-6-12-19)17-18-9-3-1-4-10-18/h1-6,9-14,20H,7-8,15-17H2. The van der Waals surface area contributed by atoms with Crippen LogP contribution in [0.5, 0.6) is 0 Å². The molecule has 1 atom stereocenters. The van der Waals surface area contributed by atoms with Crippen molar-refractivity contribution in [1.29, 1.82) is 0 Å². The summed E-state index contributed by atoms with van der Waals surface area (Å²) in [5, 5.41) is 0. The molecule has 1 unspecified atom stereocenters. The Balaban J connectivity index is 1.74. The molecule has 2 aromatic rings. The Morgan fingerprint density at radius 3 is 2.11 bits per heavy atom. The molecule has 1 spiro atoms. The van der Waals surface area contributed by atoms with E-state index in [0.29, 0.717) is 13.0 Å². The Labute approximate surface area is 164 Å². The number of piperidine rings is 1. The van der Waals surface area contributed by atoms with Gasteiger partial charge < -0.3 is 9.47 Å². The molecule has 0 aliphatic carbocycles. The number of ether oxygens (including phenoxy) is 2. The topological polar surface area (TPSA) is 55.8 Å². The molecule has 1 fully saturated rings. The Bertz CT molecular complexity index is 843. The first-order valence-corrected chi connectivity index (χ1v) is 9.66. The van der Waals surface area contributed by atoms with E-state index in [-0.39, 0.29) is 6.04 Å². The van der Waals surface area contributed by atoms with Crippen molar-refractivity contribution in [2.45, 2.75) is 37.6 Å². The summed E-state index contributed by atoms with van der Waals surface area (Å²) in [6.45, 7) is 0.674. The molecule has 4 rings (SSSR count). The molecule has 2 aromatic carbocycles. The molecule has 0 aromatic heterocycles. The maximum Gasteiger partial charge on any atom is 0.335 e. The van der Waals surface area contributed by atoms with E-state index in [1.54, 1.807) is 0 Å². The van der Waals surface area contributed by atoms with Crippen LogP contribution >= 0.6 is 0 Å². The van der Waals surface area contributed by atoms with Gasteiger partial charge in [0, 0.05) is 31.2 Å². The van der Waals surface area contributed by atoms with Crippen molar-refractivity contribution in [3.63, 3.8) is 0 Å². The maximum atomic E-state index is 12.2. The van der Waals surface area contributed by atoms with Crippen molar-refractivity contribution in [3.05, 3.63) is 83.9 Å². The third-order valence-electron chi connectivity index (χ3n) is 5.29. The second-order valence-electron chi connectivity index (χ2n) is 7.15. The number of rotatable bonds is 4. The first-order chi connectivity index (χ1) is 13.7. The van der Waals surface area contributed by atoms with Gasteiger partial charge >= 0.3 is 17.8 Å². The van der Waals surface area contributed by atoms with Crippen molar-refractivity contribution in [2.24, 2.45) is 0 Å². The fourth-order valence-corrected chi connectivity index (χ4v) is 4.02. The number of carbonyl (C=O) groups excluding carboxylic acids is 2. The molecule has 2 heterocycles. The van der Waals surface area contributed by atoms with E-state index in [9.17, 15) is 9.59 Å². The third kappa shape index (κ3) is 3.85. The number of benzene rings is 2. The summed E-state index contributed by atoms with van der Waals surface area (Å²) >= 11 is 0. The monoisotopic (exact) mass is 377 g/mol. The molecule has 144 valence electrons. The van der Waals surface area contributed by atoms with E-state index in [0.717, 1.165) is 37.0 Å². The highest BCUT2D eigenvalue weighted by Crippen LogP contribution is 2.40. The van der Waals surface area contributed by atoms with Gasteiger partial charge in [-0.25, -0.2) is 14.5 Å². The number of esters is 2. The van der Waals surface area contributed by atoms with Gasteiger partial charge in [0.25, 0.3) is 0 Å². The summed E-state index contributed by atoms with van der Waals surface area (Å²) in [4.78, 5) is 26.4. The highest BCUT2D eigenvalue weighted by molar-refractivity contribution is 5.93. The molecule has 28 heavy (non-hydrogen) atoms. The zero-order valence-corrected chi connectivity index (χ0v) is 15.6. The van der Waals surface area contributed by atoms with Crippen LogP contribution in [-0.4, -0.2) is 29.3 Å². The minimum Gasteiger partial charge on any atom is -0.405 e. The van der Waals surface area contributed by atoms with Crippen LogP contribution in [0.15, 0.2) is 72.8 Å². The predicted octanol–water partition coefficient (Wildman–Crippen LogP) is 3.77. The molecular weight excluding hydrogens is 354 g/mol. The van der Waals surface area contributed by atoms with Gasteiger partial charge in [0.05, 0.1) is 0 Å². The number of likely N-dealkylation sites (tertiary alicyclic amines) is 1. The lowest BCUT2D eigenvalue weighted by molar-refractivity contribution is -0.303. The van der Waals surface area contributed by atoms with Crippen LogP contribution in [0, 0.1) is 0 Å². The van der Waals surface area contributed by atoms with Crippen LogP contribution in [0.2, 0.25) is 0 Å². The summed E-state index contributed by atoms with van der Waals surface area (Å²) < 4.78 is 11.4. The summed E-state index contributed by atoms with van der Waals surface area (Å²) in [5.74, 6) is -2.47. The molecule has 2 aliphatic heterocycles. The SMILES string of the molecule is O=C1C=CC(=O)OC2(CCCCN2C(Cc2ccccc2)c2ccccc2)O1. The van der Waals surface area contributed by atoms with E-state index in [1.807, 2.05) is 41.3 Å². The molecule has 1 saturated heterocycles. The molecule has 0 bridgehead atoms. The van der Waals surface area contributed by atoms with Gasteiger partial charge in [-0.1, -0.05) is 60.7 Å². The number of hydrogen-bond acceptors (Lipinski definition) is 5. The van der Waals surface area contributed by atoms with Crippen molar-refractivity contribution in [2.75, 3.05) is 6.54 Å². The smallest absolute Gasteiger partial charge is 0.335 e. The van der Waals surface area contributed by atoms with E-state index < -0.39 is 17.8 Å². The lowest BCUT2D eigenvalue weighted by atomic mass is 9.93. The fraction of sp³-hybridized carbons (Fsp3) is 0.304.